The first-order valence-corrected chi connectivity index (χ1v) is 9.71. The summed E-state index contributed by atoms with van der Waals surface area (Å²) in [6, 6.07) is 7.84. The number of benzene rings is 1. The van der Waals surface area contributed by atoms with E-state index >= 15 is 0 Å². The highest BCUT2D eigenvalue weighted by Crippen LogP contribution is 2.38. The lowest BCUT2D eigenvalue weighted by Crippen LogP contribution is -2.37. The summed E-state index contributed by atoms with van der Waals surface area (Å²) < 4.78 is 5.16. The molecule has 0 aliphatic carbocycles. The molecule has 1 aliphatic rings. The fourth-order valence-corrected chi connectivity index (χ4v) is 3.48. The predicted octanol–water partition coefficient (Wildman–Crippen LogP) is 1.30. The number of nitrogens with zero attached hydrogens (tertiary/aromatic N) is 2. The van der Waals surface area contributed by atoms with Crippen LogP contribution in [0.15, 0.2) is 24.3 Å². The molecule has 0 bridgehead atoms. The number of ether oxygens (including phenoxy) is 1. The molecular formula is C21H33N3O5. The maximum atomic E-state index is 12.8. The van der Waals surface area contributed by atoms with Crippen molar-refractivity contribution in [3.05, 3.63) is 35.4 Å². The Labute approximate surface area is 172 Å². The molecule has 8 heteroatoms. The standard InChI is InChI=1S/C20H31N3O3.CH2O2/c1-15-7-5-8-16(13-15)19-17(14-18(24)23(19)11-12-26-4)20(25)21-9-6-10-22(2)3;2-1-3/h5,7-8,13,17,19H,6,9-12,14H2,1-4H3,(H,21,25);1H,(H,2,3)/t17-,19+;/m1./s1. The molecule has 2 amide bonds. The summed E-state index contributed by atoms with van der Waals surface area (Å²) in [5.41, 5.74) is 2.14. The SMILES string of the molecule is COCCN1C(=O)C[C@@H](C(=O)NCCCN(C)C)[C@@H]1c1cccc(C)c1.O=CO. The van der Waals surface area contributed by atoms with Crippen LogP contribution in [0.1, 0.15) is 30.0 Å². The summed E-state index contributed by atoms with van der Waals surface area (Å²) in [5.74, 6) is -0.383. The van der Waals surface area contributed by atoms with Gasteiger partial charge in [-0.25, -0.2) is 0 Å². The summed E-state index contributed by atoms with van der Waals surface area (Å²) >= 11 is 0. The molecule has 0 radical (unpaired) electrons. The van der Waals surface area contributed by atoms with Gasteiger partial charge >= 0.3 is 0 Å². The molecule has 2 atom stereocenters. The first kappa shape index (κ1) is 24.6. The molecule has 1 saturated heterocycles. The van der Waals surface area contributed by atoms with Gasteiger partial charge in [0.25, 0.3) is 6.47 Å². The number of carbonyl (C=O) groups excluding carboxylic acids is 2. The normalized spacial score (nSPS) is 18.4. The van der Waals surface area contributed by atoms with Gasteiger partial charge in [0.2, 0.25) is 11.8 Å². The van der Waals surface area contributed by atoms with Crippen molar-refractivity contribution in [2.24, 2.45) is 5.92 Å². The quantitative estimate of drug-likeness (QED) is 0.473. The summed E-state index contributed by atoms with van der Waals surface area (Å²) in [5, 5.41) is 9.90. The zero-order valence-corrected chi connectivity index (χ0v) is 17.8. The van der Waals surface area contributed by atoms with Crippen molar-refractivity contribution < 1.29 is 24.2 Å². The van der Waals surface area contributed by atoms with Crippen molar-refractivity contribution in [2.75, 3.05) is 47.4 Å². The Bertz CT molecular complexity index is 665. The van der Waals surface area contributed by atoms with Crippen molar-refractivity contribution in [1.82, 2.24) is 15.1 Å². The van der Waals surface area contributed by atoms with Crippen LogP contribution in [0, 0.1) is 12.8 Å². The van der Waals surface area contributed by atoms with Gasteiger partial charge in [-0.15, -0.1) is 0 Å². The van der Waals surface area contributed by atoms with Crippen molar-refractivity contribution in [3.8, 4) is 0 Å². The number of rotatable bonds is 9. The summed E-state index contributed by atoms with van der Waals surface area (Å²) in [6.07, 6.45) is 1.14. The van der Waals surface area contributed by atoms with Crippen molar-refractivity contribution in [1.29, 1.82) is 0 Å². The van der Waals surface area contributed by atoms with E-state index in [1.54, 1.807) is 12.0 Å². The monoisotopic (exact) mass is 407 g/mol. The van der Waals surface area contributed by atoms with Gasteiger partial charge < -0.3 is 25.0 Å². The topological polar surface area (TPSA) is 99.2 Å². The number of hydrogen-bond acceptors (Lipinski definition) is 5. The molecule has 2 rings (SSSR count). The van der Waals surface area contributed by atoms with Crippen LogP contribution < -0.4 is 5.32 Å². The Morgan fingerprint density at radius 1 is 1.41 bits per heavy atom. The molecule has 1 aliphatic heterocycles. The number of carboxylic acid groups (broad SMARTS) is 1. The third-order valence-electron chi connectivity index (χ3n) is 4.77. The number of carbonyl (C=O) groups is 3. The second-order valence-corrected chi connectivity index (χ2v) is 7.30. The van der Waals surface area contributed by atoms with E-state index in [4.69, 9.17) is 14.6 Å². The molecule has 1 heterocycles. The van der Waals surface area contributed by atoms with Gasteiger partial charge in [0.15, 0.2) is 0 Å². The van der Waals surface area contributed by atoms with Gasteiger partial charge in [-0.05, 0) is 39.5 Å². The Balaban J connectivity index is 0.00000132. The Morgan fingerprint density at radius 2 is 2.10 bits per heavy atom. The van der Waals surface area contributed by atoms with E-state index in [1.807, 2.05) is 39.2 Å². The minimum Gasteiger partial charge on any atom is -0.483 e. The third-order valence-corrected chi connectivity index (χ3v) is 4.77. The molecule has 1 fully saturated rings. The van der Waals surface area contributed by atoms with Crippen LogP contribution in [0.4, 0.5) is 0 Å². The van der Waals surface area contributed by atoms with Crippen LogP contribution in [-0.2, 0) is 19.1 Å². The molecule has 29 heavy (non-hydrogen) atoms. The molecule has 1 aromatic rings. The largest absolute Gasteiger partial charge is 0.483 e. The van der Waals surface area contributed by atoms with Gasteiger partial charge in [-0.3, -0.25) is 14.4 Å². The van der Waals surface area contributed by atoms with Crippen molar-refractivity contribution >= 4 is 18.3 Å². The van der Waals surface area contributed by atoms with E-state index in [9.17, 15) is 9.59 Å². The van der Waals surface area contributed by atoms with Crippen LogP contribution >= 0.6 is 0 Å². The fraction of sp³-hybridized carbons (Fsp3) is 0.571. The summed E-state index contributed by atoms with van der Waals surface area (Å²) in [7, 11) is 5.65. The number of methoxy groups -OCH3 is 1. The number of hydrogen-bond donors (Lipinski definition) is 2. The lowest BCUT2D eigenvalue weighted by atomic mass is 9.92. The lowest BCUT2D eigenvalue weighted by Gasteiger charge is -2.28. The molecule has 8 nitrogen and oxygen atoms in total. The van der Waals surface area contributed by atoms with Gasteiger partial charge in [-0.2, -0.15) is 0 Å². The van der Waals surface area contributed by atoms with Gasteiger partial charge in [0, 0.05) is 26.6 Å². The minimum atomic E-state index is -0.361. The second kappa shape index (κ2) is 12.9. The summed E-state index contributed by atoms with van der Waals surface area (Å²) in [6.45, 7) is 4.28. The van der Waals surface area contributed by atoms with Gasteiger partial charge in [-0.1, -0.05) is 29.8 Å². The number of aryl methyl sites for hydroxylation is 1. The molecule has 0 saturated carbocycles. The predicted molar refractivity (Wildman–Crippen MR) is 110 cm³/mol. The first-order chi connectivity index (χ1) is 13.8. The van der Waals surface area contributed by atoms with Gasteiger partial charge in [0.1, 0.15) is 0 Å². The smallest absolute Gasteiger partial charge is 0.290 e. The highest BCUT2D eigenvalue weighted by molar-refractivity contribution is 5.90. The molecule has 0 spiro atoms. The highest BCUT2D eigenvalue weighted by Gasteiger charge is 2.44. The molecule has 2 N–H and O–H groups in total. The van der Waals surface area contributed by atoms with E-state index in [0.717, 1.165) is 24.1 Å². The maximum Gasteiger partial charge on any atom is 0.290 e. The minimum absolute atomic E-state index is 0.0157. The Kier molecular flexibility index (Phi) is 10.9. The van der Waals surface area contributed by atoms with E-state index in [1.165, 1.54) is 0 Å². The first-order valence-electron chi connectivity index (χ1n) is 9.71. The van der Waals surface area contributed by atoms with Crippen LogP contribution in [0.2, 0.25) is 0 Å². The lowest BCUT2D eigenvalue weighted by molar-refractivity contribution is -0.129. The average Bonchev–Trinajstić information content (AvgIpc) is 3.00. The van der Waals surface area contributed by atoms with Crippen LogP contribution in [0.5, 0.6) is 0 Å². The van der Waals surface area contributed by atoms with E-state index in [2.05, 4.69) is 16.3 Å². The zero-order chi connectivity index (χ0) is 21.8. The zero-order valence-electron chi connectivity index (χ0n) is 17.8. The third kappa shape index (κ3) is 7.83. The fourth-order valence-electron chi connectivity index (χ4n) is 3.48. The Morgan fingerprint density at radius 3 is 2.69 bits per heavy atom. The summed E-state index contributed by atoms with van der Waals surface area (Å²) in [4.78, 5) is 37.6. The molecule has 1 aromatic carbocycles. The van der Waals surface area contributed by atoms with Crippen molar-refractivity contribution in [2.45, 2.75) is 25.8 Å². The van der Waals surface area contributed by atoms with Gasteiger partial charge in [0.05, 0.1) is 18.6 Å². The van der Waals surface area contributed by atoms with Crippen LogP contribution in [0.3, 0.4) is 0 Å². The maximum absolute atomic E-state index is 12.8. The number of amides is 2. The number of nitrogens with one attached hydrogen (secondary N) is 1. The van der Waals surface area contributed by atoms with Crippen LogP contribution in [-0.4, -0.2) is 80.6 Å². The van der Waals surface area contributed by atoms with E-state index in [0.29, 0.717) is 19.7 Å². The van der Waals surface area contributed by atoms with E-state index < -0.39 is 0 Å². The molecular weight excluding hydrogens is 374 g/mol. The molecule has 0 aromatic heterocycles. The van der Waals surface area contributed by atoms with Crippen molar-refractivity contribution in [3.63, 3.8) is 0 Å². The van der Waals surface area contributed by atoms with Crippen LogP contribution in [0.25, 0.3) is 0 Å². The second-order valence-electron chi connectivity index (χ2n) is 7.30. The molecule has 162 valence electrons. The highest BCUT2D eigenvalue weighted by atomic mass is 16.5. The molecule has 0 unspecified atom stereocenters. The average molecular weight is 408 g/mol. The Hall–Kier alpha value is -2.45. The van der Waals surface area contributed by atoms with E-state index in [-0.39, 0.29) is 36.7 Å². The number of likely N-dealkylation sites (tertiary alicyclic amines) is 1.